The SMILES string of the molecule is CCCNC(C1=CCCO1)c1ccn(-c2ccccc2)n1. The van der Waals surface area contributed by atoms with E-state index >= 15 is 0 Å². The van der Waals surface area contributed by atoms with Crippen molar-refractivity contribution in [3.8, 4) is 5.69 Å². The minimum atomic E-state index is 0.0532. The summed E-state index contributed by atoms with van der Waals surface area (Å²) in [6.45, 7) is 3.89. The van der Waals surface area contributed by atoms with E-state index in [0.717, 1.165) is 43.1 Å². The topological polar surface area (TPSA) is 39.1 Å². The van der Waals surface area contributed by atoms with Gasteiger partial charge in [0.2, 0.25) is 0 Å². The van der Waals surface area contributed by atoms with Crippen LogP contribution in [0.2, 0.25) is 0 Å². The van der Waals surface area contributed by atoms with E-state index in [-0.39, 0.29) is 6.04 Å². The Kier molecular flexibility index (Phi) is 4.36. The van der Waals surface area contributed by atoms with Gasteiger partial charge >= 0.3 is 0 Å². The summed E-state index contributed by atoms with van der Waals surface area (Å²) in [5, 5.41) is 8.23. The molecule has 2 heterocycles. The molecular weight excluding hydrogens is 262 g/mol. The van der Waals surface area contributed by atoms with E-state index < -0.39 is 0 Å². The molecule has 1 aromatic carbocycles. The molecule has 3 rings (SSSR count). The summed E-state index contributed by atoms with van der Waals surface area (Å²) < 4.78 is 7.64. The van der Waals surface area contributed by atoms with Gasteiger partial charge in [0.25, 0.3) is 0 Å². The second-order valence-corrected chi connectivity index (χ2v) is 5.15. The third kappa shape index (κ3) is 3.16. The number of hydrogen-bond donors (Lipinski definition) is 1. The first-order chi connectivity index (χ1) is 10.4. The lowest BCUT2D eigenvalue weighted by Gasteiger charge is -2.17. The van der Waals surface area contributed by atoms with Crippen molar-refractivity contribution in [2.45, 2.75) is 25.8 Å². The lowest BCUT2D eigenvalue weighted by Crippen LogP contribution is -2.24. The molecule has 1 atom stereocenters. The fourth-order valence-corrected chi connectivity index (χ4v) is 2.49. The molecule has 0 amide bonds. The minimum absolute atomic E-state index is 0.0532. The van der Waals surface area contributed by atoms with E-state index in [1.54, 1.807) is 0 Å². The smallest absolute Gasteiger partial charge is 0.115 e. The molecule has 1 aromatic heterocycles. The van der Waals surface area contributed by atoms with Crippen LogP contribution in [0.15, 0.2) is 54.4 Å². The van der Waals surface area contributed by atoms with E-state index in [1.165, 1.54) is 0 Å². The van der Waals surface area contributed by atoms with Crippen molar-refractivity contribution in [2.24, 2.45) is 0 Å². The largest absolute Gasteiger partial charge is 0.496 e. The molecule has 1 N–H and O–H groups in total. The Morgan fingerprint density at radius 2 is 2.14 bits per heavy atom. The van der Waals surface area contributed by atoms with Crippen molar-refractivity contribution < 1.29 is 4.74 Å². The number of hydrogen-bond acceptors (Lipinski definition) is 3. The Morgan fingerprint density at radius 1 is 1.29 bits per heavy atom. The molecule has 0 radical (unpaired) electrons. The van der Waals surface area contributed by atoms with Gasteiger partial charge in [-0.05, 0) is 37.2 Å². The number of benzene rings is 1. The third-order valence-corrected chi connectivity index (χ3v) is 3.54. The first-order valence-corrected chi connectivity index (χ1v) is 7.55. The highest BCUT2D eigenvalue weighted by atomic mass is 16.5. The molecule has 110 valence electrons. The number of nitrogens with zero attached hydrogens (tertiary/aromatic N) is 2. The predicted octanol–water partition coefficient (Wildman–Crippen LogP) is 3.22. The number of rotatable bonds is 6. The molecule has 0 fully saturated rings. The van der Waals surface area contributed by atoms with E-state index in [2.05, 4.69) is 36.5 Å². The minimum Gasteiger partial charge on any atom is -0.496 e. The molecule has 1 unspecified atom stereocenters. The Balaban J connectivity index is 1.84. The fraction of sp³-hybridized carbons (Fsp3) is 0.353. The van der Waals surface area contributed by atoms with Gasteiger partial charge in [0.1, 0.15) is 11.8 Å². The molecule has 4 heteroatoms. The van der Waals surface area contributed by atoms with Gasteiger partial charge in [0.15, 0.2) is 0 Å². The summed E-state index contributed by atoms with van der Waals surface area (Å²) in [7, 11) is 0. The van der Waals surface area contributed by atoms with Crippen LogP contribution < -0.4 is 5.32 Å². The lowest BCUT2D eigenvalue weighted by molar-refractivity contribution is 0.214. The zero-order valence-electron chi connectivity index (χ0n) is 12.3. The summed E-state index contributed by atoms with van der Waals surface area (Å²) in [5.74, 6) is 1.00. The molecule has 4 nitrogen and oxygen atoms in total. The molecule has 0 bridgehead atoms. The van der Waals surface area contributed by atoms with Crippen molar-refractivity contribution in [1.82, 2.24) is 15.1 Å². The quantitative estimate of drug-likeness (QED) is 0.884. The molecule has 0 aliphatic carbocycles. The Hall–Kier alpha value is -2.07. The highest BCUT2D eigenvalue weighted by Crippen LogP contribution is 2.25. The van der Waals surface area contributed by atoms with Gasteiger partial charge < -0.3 is 10.1 Å². The summed E-state index contributed by atoms with van der Waals surface area (Å²) in [5.41, 5.74) is 2.07. The number of ether oxygens (including phenoxy) is 1. The van der Waals surface area contributed by atoms with Gasteiger partial charge in [-0.2, -0.15) is 5.10 Å². The maximum absolute atomic E-state index is 5.73. The fourth-order valence-electron chi connectivity index (χ4n) is 2.49. The van der Waals surface area contributed by atoms with E-state index in [0.29, 0.717) is 0 Å². The van der Waals surface area contributed by atoms with E-state index in [9.17, 15) is 0 Å². The van der Waals surface area contributed by atoms with Gasteiger partial charge in [0, 0.05) is 12.6 Å². The van der Waals surface area contributed by atoms with Gasteiger partial charge in [-0.1, -0.05) is 25.1 Å². The van der Waals surface area contributed by atoms with Crippen LogP contribution in [0.25, 0.3) is 5.69 Å². The van der Waals surface area contributed by atoms with E-state index in [4.69, 9.17) is 9.84 Å². The highest BCUT2D eigenvalue weighted by molar-refractivity contribution is 5.31. The Bertz CT molecular complexity index is 604. The summed E-state index contributed by atoms with van der Waals surface area (Å²) >= 11 is 0. The average Bonchev–Trinajstić information content (AvgIpc) is 3.21. The van der Waals surface area contributed by atoms with Crippen molar-refractivity contribution >= 4 is 0 Å². The first kappa shape index (κ1) is 13.9. The van der Waals surface area contributed by atoms with Gasteiger partial charge in [-0.3, -0.25) is 0 Å². The molecule has 1 aliphatic heterocycles. The number of para-hydroxylation sites is 1. The maximum Gasteiger partial charge on any atom is 0.115 e. The zero-order valence-corrected chi connectivity index (χ0v) is 12.3. The molecule has 0 spiro atoms. The van der Waals surface area contributed by atoms with Crippen LogP contribution in [0.3, 0.4) is 0 Å². The van der Waals surface area contributed by atoms with Gasteiger partial charge in [-0.25, -0.2) is 4.68 Å². The number of nitrogens with one attached hydrogen (secondary N) is 1. The molecule has 0 saturated heterocycles. The maximum atomic E-state index is 5.73. The van der Waals surface area contributed by atoms with Crippen molar-refractivity contribution in [2.75, 3.05) is 13.2 Å². The van der Waals surface area contributed by atoms with Gasteiger partial charge in [0.05, 0.1) is 18.0 Å². The predicted molar refractivity (Wildman–Crippen MR) is 83.3 cm³/mol. The van der Waals surface area contributed by atoms with Crippen LogP contribution >= 0.6 is 0 Å². The normalized spacial score (nSPS) is 15.6. The molecule has 2 aromatic rings. The summed E-state index contributed by atoms with van der Waals surface area (Å²) in [4.78, 5) is 0. The molecular formula is C17H21N3O. The van der Waals surface area contributed by atoms with Crippen molar-refractivity contribution in [1.29, 1.82) is 0 Å². The summed E-state index contributed by atoms with van der Waals surface area (Å²) in [6, 6.07) is 12.3. The Morgan fingerprint density at radius 3 is 2.86 bits per heavy atom. The molecule has 1 aliphatic rings. The standard InChI is InChI=1S/C17H21N3O/c1-2-11-18-17(16-9-6-13-21-16)15-10-12-20(19-15)14-7-4-3-5-8-14/h3-5,7-10,12,17-18H,2,6,11,13H2,1H3. The second kappa shape index (κ2) is 6.59. The van der Waals surface area contributed by atoms with Crippen LogP contribution in [-0.4, -0.2) is 22.9 Å². The van der Waals surface area contributed by atoms with Crippen LogP contribution in [0, 0.1) is 0 Å². The second-order valence-electron chi connectivity index (χ2n) is 5.15. The monoisotopic (exact) mass is 283 g/mol. The van der Waals surface area contributed by atoms with Gasteiger partial charge in [-0.15, -0.1) is 0 Å². The zero-order chi connectivity index (χ0) is 14.5. The van der Waals surface area contributed by atoms with Crippen molar-refractivity contribution in [3.05, 3.63) is 60.1 Å². The van der Waals surface area contributed by atoms with Crippen LogP contribution in [0.4, 0.5) is 0 Å². The van der Waals surface area contributed by atoms with Crippen LogP contribution in [-0.2, 0) is 4.74 Å². The average molecular weight is 283 g/mol. The molecule has 0 saturated carbocycles. The highest BCUT2D eigenvalue weighted by Gasteiger charge is 2.22. The van der Waals surface area contributed by atoms with Crippen LogP contribution in [0.1, 0.15) is 31.5 Å². The number of aromatic nitrogens is 2. The van der Waals surface area contributed by atoms with Crippen LogP contribution in [0.5, 0.6) is 0 Å². The summed E-state index contributed by atoms with van der Waals surface area (Å²) in [6.07, 6.45) is 6.23. The van der Waals surface area contributed by atoms with E-state index in [1.807, 2.05) is 29.1 Å². The Labute approximate surface area is 125 Å². The third-order valence-electron chi connectivity index (χ3n) is 3.54. The first-order valence-electron chi connectivity index (χ1n) is 7.55. The van der Waals surface area contributed by atoms with Crippen molar-refractivity contribution in [3.63, 3.8) is 0 Å². The lowest BCUT2D eigenvalue weighted by atomic mass is 10.1. The molecule has 21 heavy (non-hydrogen) atoms.